The number of halogens is 1. The SMILES string of the molecule is CC[C@H]1CCCCN1CCCNC(=O)[C@H]1CCCN(S(=O)(=O)c2ccc(Cl)cc2)C1. The molecular formula is C22H34ClN3O3S. The maximum Gasteiger partial charge on any atom is 0.243 e. The van der Waals surface area contributed by atoms with Gasteiger partial charge in [0.05, 0.1) is 10.8 Å². The Morgan fingerprint density at radius 1 is 1.13 bits per heavy atom. The highest BCUT2D eigenvalue weighted by atomic mass is 35.5. The van der Waals surface area contributed by atoms with Crippen molar-refractivity contribution < 1.29 is 13.2 Å². The molecule has 2 heterocycles. The molecule has 1 aromatic carbocycles. The second-order valence-electron chi connectivity index (χ2n) is 8.39. The summed E-state index contributed by atoms with van der Waals surface area (Å²) in [5.74, 6) is -0.323. The predicted octanol–water partition coefficient (Wildman–Crippen LogP) is 3.51. The molecule has 0 unspecified atom stereocenters. The van der Waals surface area contributed by atoms with E-state index in [1.807, 2.05) is 0 Å². The molecule has 0 bridgehead atoms. The van der Waals surface area contributed by atoms with Crippen LogP contribution in [0.1, 0.15) is 51.9 Å². The van der Waals surface area contributed by atoms with Crippen LogP contribution in [0.2, 0.25) is 5.02 Å². The Kier molecular flexibility index (Phi) is 8.57. The summed E-state index contributed by atoms with van der Waals surface area (Å²) in [4.78, 5) is 15.4. The topological polar surface area (TPSA) is 69.7 Å². The lowest BCUT2D eigenvalue weighted by Gasteiger charge is -2.35. The van der Waals surface area contributed by atoms with Gasteiger partial charge < -0.3 is 10.2 Å². The molecule has 2 aliphatic heterocycles. The van der Waals surface area contributed by atoms with Crippen molar-refractivity contribution in [3.63, 3.8) is 0 Å². The van der Waals surface area contributed by atoms with Gasteiger partial charge in [-0.15, -0.1) is 0 Å². The normalized spacial score (nSPS) is 23.9. The minimum atomic E-state index is -3.61. The summed E-state index contributed by atoms with van der Waals surface area (Å²) in [6.45, 7) is 5.75. The molecule has 8 heteroatoms. The first-order valence-electron chi connectivity index (χ1n) is 11.2. The quantitative estimate of drug-likeness (QED) is 0.609. The van der Waals surface area contributed by atoms with E-state index in [0.29, 0.717) is 30.6 Å². The van der Waals surface area contributed by atoms with Crippen LogP contribution in [0.25, 0.3) is 0 Å². The number of carbonyl (C=O) groups is 1. The van der Waals surface area contributed by atoms with Crippen molar-refractivity contribution in [1.82, 2.24) is 14.5 Å². The Labute approximate surface area is 186 Å². The molecule has 2 atom stereocenters. The Morgan fingerprint density at radius 2 is 1.90 bits per heavy atom. The van der Waals surface area contributed by atoms with Gasteiger partial charge >= 0.3 is 0 Å². The highest BCUT2D eigenvalue weighted by Crippen LogP contribution is 2.25. The first-order valence-corrected chi connectivity index (χ1v) is 13.0. The molecule has 0 spiro atoms. The Balaban J connectivity index is 1.47. The number of likely N-dealkylation sites (tertiary alicyclic amines) is 1. The first kappa shape index (κ1) is 23.5. The van der Waals surface area contributed by atoms with Gasteiger partial charge in [0.25, 0.3) is 0 Å². The number of nitrogens with one attached hydrogen (secondary N) is 1. The van der Waals surface area contributed by atoms with Gasteiger partial charge in [-0.25, -0.2) is 8.42 Å². The van der Waals surface area contributed by atoms with E-state index in [1.165, 1.54) is 42.1 Å². The van der Waals surface area contributed by atoms with Gasteiger partial charge in [-0.2, -0.15) is 4.31 Å². The lowest BCUT2D eigenvalue weighted by atomic mass is 9.98. The van der Waals surface area contributed by atoms with E-state index in [4.69, 9.17) is 11.6 Å². The fourth-order valence-corrected chi connectivity index (χ4v) is 6.23. The average molecular weight is 456 g/mol. The van der Waals surface area contributed by atoms with Crippen LogP contribution in [0.5, 0.6) is 0 Å². The van der Waals surface area contributed by atoms with Crippen molar-refractivity contribution in [3.8, 4) is 0 Å². The van der Waals surface area contributed by atoms with Crippen LogP contribution in [-0.4, -0.2) is 62.3 Å². The van der Waals surface area contributed by atoms with E-state index in [2.05, 4.69) is 17.1 Å². The molecule has 0 aromatic heterocycles. The molecule has 168 valence electrons. The zero-order valence-corrected chi connectivity index (χ0v) is 19.4. The highest BCUT2D eigenvalue weighted by Gasteiger charge is 2.33. The third-order valence-electron chi connectivity index (χ3n) is 6.35. The molecule has 0 saturated carbocycles. The first-order chi connectivity index (χ1) is 14.4. The van der Waals surface area contributed by atoms with Crippen molar-refractivity contribution in [2.45, 2.75) is 62.8 Å². The molecule has 2 fully saturated rings. The molecule has 1 amide bonds. The zero-order valence-electron chi connectivity index (χ0n) is 17.9. The van der Waals surface area contributed by atoms with Crippen molar-refractivity contribution in [2.24, 2.45) is 5.92 Å². The summed E-state index contributed by atoms with van der Waals surface area (Å²) in [6.07, 6.45) is 7.40. The number of nitrogens with zero attached hydrogens (tertiary/aromatic N) is 2. The molecule has 6 nitrogen and oxygen atoms in total. The van der Waals surface area contributed by atoms with Gasteiger partial charge in [0.15, 0.2) is 0 Å². The van der Waals surface area contributed by atoms with E-state index < -0.39 is 10.0 Å². The smallest absolute Gasteiger partial charge is 0.243 e. The van der Waals surface area contributed by atoms with Crippen LogP contribution in [0.4, 0.5) is 0 Å². The number of sulfonamides is 1. The highest BCUT2D eigenvalue weighted by molar-refractivity contribution is 7.89. The summed E-state index contributed by atoms with van der Waals surface area (Å²) in [5, 5.41) is 3.54. The fraction of sp³-hybridized carbons (Fsp3) is 0.682. The van der Waals surface area contributed by atoms with Gasteiger partial charge in [0.2, 0.25) is 15.9 Å². The Bertz CT molecular complexity index is 800. The predicted molar refractivity (Wildman–Crippen MR) is 120 cm³/mol. The van der Waals surface area contributed by atoms with E-state index >= 15 is 0 Å². The van der Waals surface area contributed by atoms with Crippen molar-refractivity contribution in [2.75, 3.05) is 32.7 Å². The minimum absolute atomic E-state index is 0.0308. The summed E-state index contributed by atoms with van der Waals surface area (Å²) in [7, 11) is -3.61. The molecule has 2 aliphatic rings. The van der Waals surface area contributed by atoms with Gasteiger partial charge in [-0.1, -0.05) is 24.9 Å². The van der Waals surface area contributed by atoms with Crippen LogP contribution in [0.3, 0.4) is 0 Å². The van der Waals surface area contributed by atoms with Crippen molar-refractivity contribution >= 4 is 27.5 Å². The standard InChI is InChI=1S/C22H34ClN3O3S/c1-2-20-8-3-4-14-25(20)15-6-13-24-22(27)18-7-5-16-26(17-18)30(28,29)21-11-9-19(23)10-12-21/h9-12,18,20H,2-8,13-17H2,1H3,(H,24,27)/t18-,20-/m0/s1. The number of hydrogen-bond acceptors (Lipinski definition) is 4. The summed E-state index contributed by atoms with van der Waals surface area (Å²) in [5.41, 5.74) is 0. The molecule has 1 aromatic rings. The van der Waals surface area contributed by atoms with Gasteiger partial charge in [0, 0.05) is 37.2 Å². The summed E-state index contributed by atoms with van der Waals surface area (Å²) < 4.78 is 27.2. The average Bonchev–Trinajstić information content (AvgIpc) is 2.77. The summed E-state index contributed by atoms with van der Waals surface area (Å²) >= 11 is 5.87. The lowest BCUT2D eigenvalue weighted by Crippen LogP contribution is -2.46. The number of rotatable bonds is 8. The molecule has 1 N–H and O–H groups in total. The Hall–Kier alpha value is -1.15. The van der Waals surface area contributed by atoms with Gasteiger partial charge in [-0.3, -0.25) is 4.79 Å². The van der Waals surface area contributed by atoms with Gasteiger partial charge in [0.1, 0.15) is 0 Å². The number of carbonyl (C=O) groups excluding carboxylic acids is 1. The van der Waals surface area contributed by atoms with E-state index in [9.17, 15) is 13.2 Å². The molecule has 30 heavy (non-hydrogen) atoms. The van der Waals surface area contributed by atoms with Crippen molar-refractivity contribution in [3.05, 3.63) is 29.3 Å². The molecule has 0 radical (unpaired) electrons. The molecular weight excluding hydrogens is 422 g/mol. The lowest BCUT2D eigenvalue weighted by molar-refractivity contribution is -0.126. The van der Waals surface area contributed by atoms with Crippen LogP contribution in [0.15, 0.2) is 29.2 Å². The maximum absolute atomic E-state index is 12.9. The number of piperidine rings is 2. The number of benzene rings is 1. The van der Waals surface area contributed by atoms with Crippen LogP contribution in [-0.2, 0) is 14.8 Å². The molecule has 3 rings (SSSR count). The third-order valence-corrected chi connectivity index (χ3v) is 8.48. The monoisotopic (exact) mass is 455 g/mol. The second kappa shape index (κ2) is 10.9. The number of amides is 1. The minimum Gasteiger partial charge on any atom is -0.356 e. The van der Waals surface area contributed by atoms with Crippen LogP contribution in [0, 0.1) is 5.92 Å². The van der Waals surface area contributed by atoms with Crippen LogP contribution < -0.4 is 5.32 Å². The maximum atomic E-state index is 12.9. The largest absolute Gasteiger partial charge is 0.356 e. The third kappa shape index (κ3) is 5.96. The Morgan fingerprint density at radius 3 is 2.63 bits per heavy atom. The van der Waals surface area contributed by atoms with Gasteiger partial charge in [-0.05, 0) is 69.3 Å². The van der Waals surface area contributed by atoms with E-state index in [0.717, 1.165) is 25.9 Å². The number of hydrogen-bond donors (Lipinski definition) is 1. The fourth-order valence-electron chi connectivity index (χ4n) is 4.59. The van der Waals surface area contributed by atoms with Crippen molar-refractivity contribution in [1.29, 1.82) is 0 Å². The molecule has 2 saturated heterocycles. The van der Waals surface area contributed by atoms with E-state index in [1.54, 1.807) is 12.1 Å². The second-order valence-corrected chi connectivity index (χ2v) is 10.8. The molecule has 0 aliphatic carbocycles. The van der Waals surface area contributed by atoms with Crippen LogP contribution >= 0.6 is 11.6 Å². The summed E-state index contributed by atoms with van der Waals surface area (Å²) in [6, 6.07) is 6.87. The zero-order chi connectivity index (χ0) is 21.6. The van der Waals surface area contributed by atoms with E-state index in [-0.39, 0.29) is 23.3 Å².